The molecule has 4 nitrogen and oxygen atoms in total. The molecule has 122 valence electrons. The van der Waals surface area contributed by atoms with Gasteiger partial charge in [0.15, 0.2) is 11.5 Å². The molecule has 0 amide bonds. The van der Waals surface area contributed by atoms with Gasteiger partial charge < -0.3 is 20.1 Å². The van der Waals surface area contributed by atoms with Crippen molar-refractivity contribution in [3.05, 3.63) is 23.8 Å². The smallest absolute Gasteiger partial charge is 0.163 e. The van der Waals surface area contributed by atoms with E-state index in [9.17, 15) is 0 Å². The third kappa shape index (κ3) is 3.93. The average Bonchev–Trinajstić information content (AvgIpc) is 2.57. The predicted molar refractivity (Wildman–Crippen MR) is 88.9 cm³/mol. The third-order valence-electron chi connectivity index (χ3n) is 4.69. The monoisotopic (exact) mass is 304 g/mol. The van der Waals surface area contributed by atoms with Crippen LogP contribution in [0.2, 0.25) is 0 Å². The summed E-state index contributed by atoms with van der Waals surface area (Å²) in [4.78, 5) is 0. The Hall–Kier alpha value is -1.26. The highest BCUT2D eigenvalue weighted by Gasteiger charge is 2.20. The van der Waals surface area contributed by atoms with E-state index in [1.165, 1.54) is 31.2 Å². The molecule has 2 atom stereocenters. The molecule has 1 aromatic rings. The molecule has 2 aliphatic rings. The summed E-state index contributed by atoms with van der Waals surface area (Å²) in [5.41, 5.74) is 1.25. The van der Waals surface area contributed by atoms with Crippen molar-refractivity contribution in [3.8, 4) is 11.5 Å². The molecular formula is C18H28N2O2. The molecule has 0 spiro atoms. The second-order valence-electron chi connectivity index (χ2n) is 6.39. The number of para-hydroxylation sites is 1. The maximum atomic E-state index is 6.20. The first-order chi connectivity index (χ1) is 10.9. The fourth-order valence-corrected chi connectivity index (χ4v) is 3.51. The summed E-state index contributed by atoms with van der Waals surface area (Å²) in [6.45, 7) is 3.17. The Kier molecular flexibility index (Phi) is 5.57. The fraction of sp³-hybridized carbons (Fsp3) is 0.667. The Labute approximate surface area is 133 Å². The summed E-state index contributed by atoms with van der Waals surface area (Å²) in [7, 11) is 1.75. The molecule has 2 heterocycles. The lowest BCUT2D eigenvalue weighted by Gasteiger charge is -2.27. The van der Waals surface area contributed by atoms with E-state index in [1.807, 2.05) is 6.07 Å². The van der Waals surface area contributed by atoms with Crippen LogP contribution in [0, 0.1) is 0 Å². The molecule has 4 heteroatoms. The highest BCUT2D eigenvalue weighted by molar-refractivity contribution is 5.47. The summed E-state index contributed by atoms with van der Waals surface area (Å²) in [5, 5.41) is 7.01. The van der Waals surface area contributed by atoms with Gasteiger partial charge in [0.2, 0.25) is 0 Å². The van der Waals surface area contributed by atoms with Crippen LogP contribution < -0.4 is 20.1 Å². The quantitative estimate of drug-likeness (QED) is 0.877. The van der Waals surface area contributed by atoms with Crippen LogP contribution in [0.1, 0.15) is 37.7 Å². The van der Waals surface area contributed by atoms with Crippen molar-refractivity contribution < 1.29 is 9.47 Å². The van der Waals surface area contributed by atoms with Gasteiger partial charge in [-0.15, -0.1) is 0 Å². The van der Waals surface area contributed by atoms with Crippen molar-refractivity contribution in [2.45, 2.75) is 50.7 Å². The molecule has 0 bridgehead atoms. The molecule has 2 fully saturated rings. The molecule has 22 heavy (non-hydrogen) atoms. The Morgan fingerprint density at radius 2 is 2.09 bits per heavy atom. The first-order valence-corrected chi connectivity index (χ1v) is 8.63. The Balaban J connectivity index is 1.71. The molecule has 1 aromatic carbocycles. The van der Waals surface area contributed by atoms with E-state index in [0.717, 1.165) is 44.0 Å². The number of hydrogen-bond acceptors (Lipinski definition) is 4. The topological polar surface area (TPSA) is 42.5 Å². The molecule has 0 saturated carbocycles. The number of piperidine rings is 2. The fourth-order valence-electron chi connectivity index (χ4n) is 3.51. The number of rotatable bonds is 5. The zero-order valence-electron chi connectivity index (χ0n) is 13.6. The van der Waals surface area contributed by atoms with Crippen LogP contribution in [-0.2, 0) is 6.42 Å². The normalized spacial score (nSPS) is 25.7. The van der Waals surface area contributed by atoms with Crippen molar-refractivity contribution in [3.63, 3.8) is 0 Å². The van der Waals surface area contributed by atoms with Gasteiger partial charge >= 0.3 is 0 Å². The molecule has 2 unspecified atom stereocenters. The van der Waals surface area contributed by atoms with E-state index in [4.69, 9.17) is 9.47 Å². The van der Waals surface area contributed by atoms with Crippen molar-refractivity contribution in [1.29, 1.82) is 0 Å². The van der Waals surface area contributed by atoms with Crippen LogP contribution in [0.5, 0.6) is 11.5 Å². The standard InChI is InChI=1S/C18H28N2O2/c1-21-18-14(12-15-7-2-3-11-20-15)6-4-9-17(18)22-16-8-5-10-19-13-16/h4,6,9,15-16,19-20H,2-3,5,7-8,10-13H2,1H3. The molecule has 2 N–H and O–H groups in total. The number of ether oxygens (including phenoxy) is 2. The Morgan fingerprint density at radius 3 is 2.82 bits per heavy atom. The number of nitrogens with one attached hydrogen (secondary N) is 2. The maximum absolute atomic E-state index is 6.20. The van der Waals surface area contributed by atoms with Crippen molar-refractivity contribution in [2.75, 3.05) is 26.7 Å². The summed E-state index contributed by atoms with van der Waals surface area (Å²) in [5.74, 6) is 1.81. The number of methoxy groups -OCH3 is 1. The summed E-state index contributed by atoms with van der Waals surface area (Å²) in [6, 6.07) is 6.85. The average molecular weight is 304 g/mol. The van der Waals surface area contributed by atoms with E-state index in [-0.39, 0.29) is 6.10 Å². The zero-order valence-corrected chi connectivity index (χ0v) is 13.6. The van der Waals surface area contributed by atoms with Gasteiger partial charge in [0.05, 0.1) is 7.11 Å². The molecule has 2 aliphatic heterocycles. The largest absolute Gasteiger partial charge is 0.493 e. The van der Waals surface area contributed by atoms with Gasteiger partial charge in [0.1, 0.15) is 6.10 Å². The Morgan fingerprint density at radius 1 is 1.14 bits per heavy atom. The van der Waals surface area contributed by atoms with E-state index in [2.05, 4.69) is 22.8 Å². The van der Waals surface area contributed by atoms with E-state index in [0.29, 0.717) is 6.04 Å². The second kappa shape index (κ2) is 7.84. The Bertz CT molecular complexity index is 428. The van der Waals surface area contributed by atoms with Gasteiger partial charge in [-0.3, -0.25) is 0 Å². The van der Waals surface area contributed by atoms with E-state index >= 15 is 0 Å². The van der Waals surface area contributed by atoms with Crippen molar-refractivity contribution >= 4 is 0 Å². The van der Waals surface area contributed by atoms with Gasteiger partial charge in [-0.2, -0.15) is 0 Å². The lowest BCUT2D eigenvalue weighted by molar-refractivity contribution is 0.161. The summed E-state index contributed by atoms with van der Waals surface area (Å²) in [6.07, 6.45) is 7.44. The highest BCUT2D eigenvalue weighted by Crippen LogP contribution is 2.33. The van der Waals surface area contributed by atoms with Crippen LogP contribution in [0.25, 0.3) is 0 Å². The zero-order chi connectivity index (χ0) is 15.2. The van der Waals surface area contributed by atoms with Gasteiger partial charge in [0, 0.05) is 12.6 Å². The lowest BCUT2D eigenvalue weighted by atomic mass is 9.97. The van der Waals surface area contributed by atoms with Crippen LogP contribution in [0.3, 0.4) is 0 Å². The molecular weight excluding hydrogens is 276 g/mol. The summed E-state index contributed by atoms with van der Waals surface area (Å²) >= 11 is 0. The third-order valence-corrected chi connectivity index (χ3v) is 4.69. The van der Waals surface area contributed by atoms with Crippen molar-refractivity contribution in [1.82, 2.24) is 10.6 Å². The number of hydrogen-bond donors (Lipinski definition) is 2. The van der Waals surface area contributed by atoms with Crippen LogP contribution in [-0.4, -0.2) is 38.9 Å². The summed E-state index contributed by atoms with van der Waals surface area (Å²) < 4.78 is 11.9. The van der Waals surface area contributed by atoms with Crippen LogP contribution in [0.4, 0.5) is 0 Å². The van der Waals surface area contributed by atoms with Crippen LogP contribution >= 0.6 is 0 Å². The van der Waals surface area contributed by atoms with Gasteiger partial charge in [-0.25, -0.2) is 0 Å². The molecule has 0 radical (unpaired) electrons. The highest BCUT2D eigenvalue weighted by atomic mass is 16.5. The van der Waals surface area contributed by atoms with Gasteiger partial charge in [-0.05, 0) is 56.8 Å². The molecule has 0 aliphatic carbocycles. The predicted octanol–water partition coefficient (Wildman–Crippen LogP) is 2.51. The minimum absolute atomic E-state index is 0.255. The van der Waals surface area contributed by atoms with Gasteiger partial charge in [-0.1, -0.05) is 18.6 Å². The minimum Gasteiger partial charge on any atom is -0.493 e. The lowest BCUT2D eigenvalue weighted by Crippen LogP contribution is -2.37. The first kappa shape index (κ1) is 15.6. The first-order valence-electron chi connectivity index (χ1n) is 8.63. The minimum atomic E-state index is 0.255. The van der Waals surface area contributed by atoms with E-state index < -0.39 is 0 Å². The molecule has 3 rings (SSSR count). The van der Waals surface area contributed by atoms with Gasteiger partial charge in [0.25, 0.3) is 0 Å². The maximum Gasteiger partial charge on any atom is 0.163 e. The van der Waals surface area contributed by atoms with Crippen LogP contribution in [0.15, 0.2) is 18.2 Å². The van der Waals surface area contributed by atoms with Crippen molar-refractivity contribution in [2.24, 2.45) is 0 Å². The molecule has 0 aromatic heterocycles. The SMILES string of the molecule is COc1c(CC2CCCCN2)cccc1OC1CCCNC1. The second-order valence-corrected chi connectivity index (χ2v) is 6.39. The molecule has 2 saturated heterocycles. The number of benzene rings is 1. The van der Waals surface area contributed by atoms with E-state index in [1.54, 1.807) is 7.11 Å².